The number of rotatable bonds is 3. The van der Waals surface area contributed by atoms with Crippen LogP contribution >= 0.6 is 22.9 Å². The summed E-state index contributed by atoms with van der Waals surface area (Å²) < 4.78 is 1.82. The molecule has 19 heavy (non-hydrogen) atoms. The molecule has 0 aliphatic carbocycles. The van der Waals surface area contributed by atoms with Crippen LogP contribution < -0.4 is 5.73 Å². The van der Waals surface area contributed by atoms with Gasteiger partial charge in [-0.1, -0.05) is 29.8 Å². The first-order valence-electron chi connectivity index (χ1n) is 5.84. The van der Waals surface area contributed by atoms with Gasteiger partial charge in [0.05, 0.1) is 22.9 Å². The van der Waals surface area contributed by atoms with Gasteiger partial charge in [0.1, 0.15) is 0 Å². The Labute approximate surface area is 120 Å². The van der Waals surface area contributed by atoms with Crippen LogP contribution in [0.4, 0.5) is 0 Å². The monoisotopic (exact) mass is 289 g/mol. The van der Waals surface area contributed by atoms with E-state index in [1.807, 2.05) is 52.7 Å². The SMILES string of the molecule is NC(c1cnn(-c2ccccc2)c1)c1sccc1Cl. The van der Waals surface area contributed by atoms with Crippen LogP contribution in [0.25, 0.3) is 5.69 Å². The number of thiophene rings is 1. The number of aromatic nitrogens is 2. The Morgan fingerprint density at radius 2 is 2.00 bits per heavy atom. The summed E-state index contributed by atoms with van der Waals surface area (Å²) in [7, 11) is 0. The van der Waals surface area contributed by atoms with Crippen LogP contribution in [0.15, 0.2) is 54.2 Å². The van der Waals surface area contributed by atoms with Crippen LogP contribution in [0, 0.1) is 0 Å². The molecule has 0 bridgehead atoms. The molecular weight excluding hydrogens is 278 g/mol. The lowest BCUT2D eigenvalue weighted by Gasteiger charge is -2.07. The average Bonchev–Trinajstić information content (AvgIpc) is 3.08. The first-order valence-corrected chi connectivity index (χ1v) is 7.10. The molecule has 2 N–H and O–H groups in total. The summed E-state index contributed by atoms with van der Waals surface area (Å²) in [6.07, 6.45) is 3.73. The van der Waals surface area contributed by atoms with Crippen molar-refractivity contribution < 1.29 is 0 Å². The summed E-state index contributed by atoms with van der Waals surface area (Å²) >= 11 is 7.68. The Hall–Kier alpha value is -1.62. The van der Waals surface area contributed by atoms with Gasteiger partial charge in [0.15, 0.2) is 0 Å². The second-order valence-corrected chi connectivity index (χ2v) is 5.52. The van der Waals surface area contributed by atoms with E-state index in [-0.39, 0.29) is 6.04 Å². The van der Waals surface area contributed by atoms with Gasteiger partial charge in [0, 0.05) is 16.6 Å². The number of hydrogen-bond donors (Lipinski definition) is 1. The Kier molecular flexibility index (Phi) is 3.38. The lowest BCUT2D eigenvalue weighted by atomic mass is 10.1. The van der Waals surface area contributed by atoms with Gasteiger partial charge >= 0.3 is 0 Å². The number of hydrogen-bond acceptors (Lipinski definition) is 3. The fourth-order valence-electron chi connectivity index (χ4n) is 1.90. The minimum Gasteiger partial charge on any atom is -0.319 e. The van der Waals surface area contributed by atoms with Gasteiger partial charge < -0.3 is 5.73 Å². The number of benzene rings is 1. The van der Waals surface area contributed by atoms with Crippen LogP contribution in [0.5, 0.6) is 0 Å². The molecule has 0 amide bonds. The molecular formula is C14H12ClN3S. The number of nitrogens with two attached hydrogens (primary N) is 1. The van der Waals surface area contributed by atoms with Crippen LogP contribution in [0.2, 0.25) is 5.02 Å². The third-order valence-corrected chi connectivity index (χ3v) is 4.35. The van der Waals surface area contributed by atoms with E-state index in [4.69, 9.17) is 17.3 Å². The predicted molar refractivity (Wildman–Crippen MR) is 78.9 cm³/mol. The lowest BCUT2D eigenvalue weighted by Crippen LogP contribution is -2.09. The molecule has 3 aromatic rings. The first kappa shape index (κ1) is 12.4. The van der Waals surface area contributed by atoms with Gasteiger partial charge in [-0.25, -0.2) is 4.68 Å². The second-order valence-electron chi connectivity index (χ2n) is 4.16. The molecule has 3 nitrogen and oxygen atoms in total. The van der Waals surface area contributed by atoms with Crippen molar-refractivity contribution >= 4 is 22.9 Å². The standard InChI is InChI=1S/C14H12ClN3S/c15-12-6-7-19-14(12)13(16)10-8-17-18(9-10)11-4-2-1-3-5-11/h1-9,13H,16H2. The Morgan fingerprint density at radius 1 is 1.21 bits per heavy atom. The lowest BCUT2D eigenvalue weighted by molar-refractivity contribution is 0.871. The van der Waals surface area contributed by atoms with Crippen molar-refractivity contribution in [3.8, 4) is 5.69 Å². The zero-order chi connectivity index (χ0) is 13.2. The Bertz CT molecular complexity index is 675. The number of nitrogens with zero attached hydrogens (tertiary/aromatic N) is 2. The van der Waals surface area contributed by atoms with Crippen molar-refractivity contribution in [1.82, 2.24) is 9.78 Å². The third kappa shape index (κ3) is 2.42. The quantitative estimate of drug-likeness (QED) is 0.800. The molecule has 5 heteroatoms. The number of para-hydroxylation sites is 1. The van der Waals surface area contributed by atoms with E-state index in [0.29, 0.717) is 5.02 Å². The molecule has 1 aromatic carbocycles. The third-order valence-electron chi connectivity index (χ3n) is 2.91. The fraction of sp³-hybridized carbons (Fsp3) is 0.0714. The molecule has 0 saturated carbocycles. The Morgan fingerprint density at radius 3 is 2.68 bits per heavy atom. The minimum atomic E-state index is -0.232. The molecule has 1 unspecified atom stereocenters. The maximum atomic E-state index is 6.23. The van der Waals surface area contributed by atoms with Gasteiger partial charge in [-0.05, 0) is 23.6 Å². The van der Waals surface area contributed by atoms with E-state index in [9.17, 15) is 0 Å². The van der Waals surface area contributed by atoms with Crippen molar-refractivity contribution in [3.05, 3.63) is 69.6 Å². The molecule has 0 spiro atoms. The summed E-state index contributed by atoms with van der Waals surface area (Å²) in [6, 6.07) is 11.6. The maximum Gasteiger partial charge on any atom is 0.0692 e. The highest BCUT2D eigenvalue weighted by molar-refractivity contribution is 7.10. The van der Waals surface area contributed by atoms with Crippen LogP contribution in [0.1, 0.15) is 16.5 Å². The molecule has 1 atom stereocenters. The van der Waals surface area contributed by atoms with E-state index in [1.165, 1.54) is 0 Å². The van der Waals surface area contributed by atoms with Crippen molar-refractivity contribution in [2.45, 2.75) is 6.04 Å². The van der Waals surface area contributed by atoms with E-state index in [1.54, 1.807) is 17.5 Å². The molecule has 0 saturated heterocycles. The molecule has 0 fully saturated rings. The van der Waals surface area contributed by atoms with Crippen molar-refractivity contribution in [1.29, 1.82) is 0 Å². The van der Waals surface area contributed by atoms with Gasteiger partial charge in [0.2, 0.25) is 0 Å². The maximum absolute atomic E-state index is 6.23. The average molecular weight is 290 g/mol. The summed E-state index contributed by atoms with van der Waals surface area (Å²) in [5, 5.41) is 7.00. The van der Waals surface area contributed by atoms with Crippen LogP contribution in [-0.2, 0) is 0 Å². The molecule has 2 heterocycles. The van der Waals surface area contributed by atoms with Crippen LogP contribution in [0.3, 0.4) is 0 Å². The highest BCUT2D eigenvalue weighted by atomic mass is 35.5. The molecule has 0 radical (unpaired) electrons. The van der Waals surface area contributed by atoms with Gasteiger partial charge in [-0.3, -0.25) is 0 Å². The van der Waals surface area contributed by atoms with Crippen molar-refractivity contribution in [2.75, 3.05) is 0 Å². The fourth-order valence-corrected chi connectivity index (χ4v) is 3.10. The zero-order valence-corrected chi connectivity index (χ0v) is 11.6. The zero-order valence-electron chi connectivity index (χ0n) is 10.0. The topological polar surface area (TPSA) is 43.8 Å². The first-order chi connectivity index (χ1) is 9.25. The van der Waals surface area contributed by atoms with E-state index in [0.717, 1.165) is 16.1 Å². The molecule has 0 aliphatic heterocycles. The summed E-state index contributed by atoms with van der Waals surface area (Å²) in [4.78, 5) is 0.967. The molecule has 0 aliphatic rings. The summed E-state index contributed by atoms with van der Waals surface area (Å²) in [5.41, 5.74) is 8.19. The van der Waals surface area contributed by atoms with Gasteiger partial charge in [-0.15, -0.1) is 11.3 Å². The highest BCUT2D eigenvalue weighted by Gasteiger charge is 2.15. The molecule has 2 aromatic heterocycles. The minimum absolute atomic E-state index is 0.232. The normalized spacial score (nSPS) is 12.5. The molecule has 96 valence electrons. The van der Waals surface area contributed by atoms with E-state index < -0.39 is 0 Å². The van der Waals surface area contributed by atoms with Gasteiger partial charge in [0.25, 0.3) is 0 Å². The predicted octanol–water partition coefficient (Wildman–Crippen LogP) is 3.64. The summed E-state index contributed by atoms with van der Waals surface area (Å²) in [5.74, 6) is 0. The second kappa shape index (κ2) is 5.17. The largest absolute Gasteiger partial charge is 0.319 e. The smallest absolute Gasteiger partial charge is 0.0692 e. The Balaban J connectivity index is 1.92. The molecule has 3 rings (SSSR count). The number of halogens is 1. The van der Waals surface area contributed by atoms with E-state index in [2.05, 4.69) is 5.10 Å². The van der Waals surface area contributed by atoms with Crippen molar-refractivity contribution in [3.63, 3.8) is 0 Å². The van der Waals surface area contributed by atoms with E-state index >= 15 is 0 Å². The summed E-state index contributed by atoms with van der Waals surface area (Å²) in [6.45, 7) is 0. The highest BCUT2D eigenvalue weighted by Crippen LogP contribution is 2.31. The van der Waals surface area contributed by atoms with Gasteiger partial charge in [-0.2, -0.15) is 5.10 Å². The van der Waals surface area contributed by atoms with Crippen molar-refractivity contribution in [2.24, 2.45) is 5.73 Å². The van der Waals surface area contributed by atoms with Crippen LogP contribution in [-0.4, -0.2) is 9.78 Å².